The van der Waals surface area contributed by atoms with Gasteiger partial charge in [-0.2, -0.15) is 0 Å². The van der Waals surface area contributed by atoms with Crippen LogP contribution in [0.1, 0.15) is 31.2 Å². The van der Waals surface area contributed by atoms with Crippen molar-refractivity contribution >= 4 is 5.69 Å². The van der Waals surface area contributed by atoms with E-state index in [1.165, 1.54) is 30.5 Å². The highest BCUT2D eigenvalue weighted by molar-refractivity contribution is 5.44. The highest BCUT2D eigenvalue weighted by atomic mass is 14.9. The fraction of sp³-hybridized carbons (Fsp3) is 0.400. The van der Waals surface area contributed by atoms with E-state index < -0.39 is 0 Å². The zero-order valence-corrected chi connectivity index (χ0v) is 10.1. The number of hydrogen-bond donors (Lipinski definition) is 1. The smallest absolute Gasteiger partial charge is 0.0340 e. The summed E-state index contributed by atoms with van der Waals surface area (Å²) in [5.41, 5.74) is 5.33. The standard InChI is InChI=1S/C15H21N/c1-3-4-5-6-7-8-13-16-15-11-9-14(2)10-12-15/h4,9-12,16H,1,5-8,13H2,2H3. The Hall–Kier alpha value is -1.46. The van der Waals surface area contributed by atoms with E-state index in [1.807, 2.05) is 6.08 Å². The van der Waals surface area contributed by atoms with Crippen molar-refractivity contribution in [2.24, 2.45) is 0 Å². The van der Waals surface area contributed by atoms with Gasteiger partial charge in [0.2, 0.25) is 0 Å². The summed E-state index contributed by atoms with van der Waals surface area (Å²) in [4.78, 5) is 0. The summed E-state index contributed by atoms with van der Waals surface area (Å²) < 4.78 is 0. The molecule has 1 N–H and O–H groups in total. The van der Waals surface area contributed by atoms with Crippen LogP contribution < -0.4 is 5.32 Å². The summed E-state index contributed by atoms with van der Waals surface area (Å²) in [6.45, 7) is 6.71. The van der Waals surface area contributed by atoms with Gasteiger partial charge in [-0.3, -0.25) is 0 Å². The molecule has 1 nitrogen and oxygen atoms in total. The Morgan fingerprint density at radius 3 is 2.62 bits per heavy atom. The topological polar surface area (TPSA) is 12.0 Å². The molecular formula is C15H21N. The Labute approximate surface area is 98.9 Å². The number of benzene rings is 1. The van der Waals surface area contributed by atoms with E-state index in [0.29, 0.717) is 0 Å². The normalized spacial score (nSPS) is 9.56. The zero-order chi connectivity index (χ0) is 11.6. The molecule has 0 aromatic heterocycles. The number of unbranched alkanes of at least 4 members (excludes halogenated alkanes) is 3. The highest BCUT2D eigenvalue weighted by Gasteiger charge is 1.91. The Morgan fingerprint density at radius 2 is 1.94 bits per heavy atom. The number of allylic oxidation sites excluding steroid dienone is 1. The van der Waals surface area contributed by atoms with Gasteiger partial charge in [0.05, 0.1) is 0 Å². The Kier molecular flexibility index (Phi) is 6.13. The Morgan fingerprint density at radius 1 is 1.19 bits per heavy atom. The number of nitrogens with one attached hydrogen (secondary N) is 1. The van der Waals surface area contributed by atoms with Gasteiger partial charge < -0.3 is 5.32 Å². The molecule has 0 bridgehead atoms. The third-order valence-corrected chi connectivity index (χ3v) is 2.55. The predicted octanol–water partition coefficient (Wildman–Crippen LogP) is 4.31. The summed E-state index contributed by atoms with van der Waals surface area (Å²) in [5, 5.41) is 3.42. The summed E-state index contributed by atoms with van der Waals surface area (Å²) in [5.74, 6) is 0. The van der Waals surface area contributed by atoms with E-state index in [9.17, 15) is 0 Å². The van der Waals surface area contributed by atoms with Crippen LogP contribution in [-0.2, 0) is 0 Å². The molecule has 1 aromatic carbocycles. The molecule has 0 unspecified atom stereocenters. The van der Waals surface area contributed by atoms with Gasteiger partial charge in [-0.1, -0.05) is 30.7 Å². The average Bonchev–Trinajstić information content (AvgIpc) is 2.30. The van der Waals surface area contributed by atoms with Crippen molar-refractivity contribution in [3.63, 3.8) is 0 Å². The van der Waals surface area contributed by atoms with Gasteiger partial charge in [0.25, 0.3) is 0 Å². The Balaban J connectivity index is 2.07. The van der Waals surface area contributed by atoms with Crippen LogP contribution in [0.25, 0.3) is 0 Å². The van der Waals surface area contributed by atoms with Gasteiger partial charge in [-0.25, -0.2) is 0 Å². The van der Waals surface area contributed by atoms with E-state index >= 15 is 0 Å². The van der Waals surface area contributed by atoms with Crippen LogP contribution in [-0.4, -0.2) is 6.54 Å². The zero-order valence-electron chi connectivity index (χ0n) is 10.1. The van der Waals surface area contributed by atoms with Crippen molar-refractivity contribution in [1.82, 2.24) is 0 Å². The molecule has 0 amide bonds. The molecule has 16 heavy (non-hydrogen) atoms. The molecule has 1 aromatic rings. The molecule has 86 valence electrons. The van der Waals surface area contributed by atoms with E-state index in [2.05, 4.69) is 48.8 Å². The molecule has 0 aliphatic carbocycles. The number of hydrogen-bond acceptors (Lipinski definition) is 1. The van der Waals surface area contributed by atoms with Gasteiger partial charge in [-0.05, 0) is 44.4 Å². The lowest BCUT2D eigenvalue weighted by atomic mass is 10.2. The molecule has 0 saturated heterocycles. The van der Waals surface area contributed by atoms with Crippen molar-refractivity contribution in [2.75, 3.05) is 11.9 Å². The summed E-state index contributed by atoms with van der Waals surface area (Å²) in [6.07, 6.45) is 6.83. The second kappa shape index (κ2) is 7.78. The Bertz CT molecular complexity index is 331. The second-order valence-corrected chi connectivity index (χ2v) is 4.05. The van der Waals surface area contributed by atoms with Gasteiger partial charge in [0.15, 0.2) is 0 Å². The highest BCUT2D eigenvalue weighted by Crippen LogP contribution is 2.09. The van der Waals surface area contributed by atoms with Gasteiger partial charge in [0.1, 0.15) is 0 Å². The van der Waals surface area contributed by atoms with Crippen molar-refractivity contribution in [3.05, 3.63) is 48.2 Å². The van der Waals surface area contributed by atoms with E-state index in [-0.39, 0.29) is 0 Å². The molecule has 0 radical (unpaired) electrons. The van der Waals surface area contributed by atoms with Crippen LogP contribution in [0.4, 0.5) is 5.69 Å². The molecule has 0 atom stereocenters. The van der Waals surface area contributed by atoms with Crippen molar-refractivity contribution in [2.45, 2.75) is 32.6 Å². The molecule has 0 fully saturated rings. The summed E-state index contributed by atoms with van der Waals surface area (Å²) >= 11 is 0. The van der Waals surface area contributed by atoms with E-state index in [1.54, 1.807) is 0 Å². The monoisotopic (exact) mass is 215 g/mol. The number of rotatable bonds is 7. The maximum Gasteiger partial charge on any atom is 0.0340 e. The first-order valence-corrected chi connectivity index (χ1v) is 5.98. The minimum atomic E-state index is 1.06. The molecule has 0 heterocycles. The van der Waals surface area contributed by atoms with Crippen molar-refractivity contribution < 1.29 is 0 Å². The third-order valence-electron chi connectivity index (χ3n) is 2.55. The average molecular weight is 215 g/mol. The third kappa shape index (κ3) is 5.43. The first-order chi connectivity index (χ1) is 7.83. The molecule has 1 rings (SSSR count). The molecular weight excluding hydrogens is 194 g/mol. The van der Waals surface area contributed by atoms with Crippen molar-refractivity contribution in [1.29, 1.82) is 0 Å². The first kappa shape index (κ1) is 12.6. The summed E-state index contributed by atoms with van der Waals surface area (Å²) in [6, 6.07) is 8.54. The van der Waals surface area contributed by atoms with Gasteiger partial charge >= 0.3 is 0 Å². The molecule has 0 aliphatic rings. The van der Waals surface area contributed by atoms with E-state index in [0.717, 1.165) is 13.0 Å². The fourth-order valence-corrected chi connectivity index (χ4v) is 1.55. The maximum atomic E-state index is 3.55. The first-order valence-electron chi connectivity index (χ1n) is 5.98. The van der Waals surface area contributed by atoms with Crippen molar-refractivity contribution in [3.8, 4) is 0 Å². The van der Waals surface area contributed by atoms with Gasteiger partial charge in [-0.15, -0.1) is 5.73 Å². The van der Waals surface area contributed by atoms with Crippen LogP contribution in [0, 0.1) is 6.92 Å². The molecule has 1 heteroatoms. The predicted molar refractivity (Wildman–Crippen MR) is 71.8 cm³/mol. The van der Waals surface area contributed by atoms with Gasteiger partial charge in [0, 0.05) is 12.2 Å². The lowest BCUT2D eigenvalue weighted by molar-refractivity contribution is 0.708. The number of anilines is 1. The van der Waals surface area contributed by atoms with E-state index in [4.69, 9.17) is 0 Å². The lowest BCUT2D eigenvalue weighted by Crippen LogP contribution is -2.00. The summed E-state index contributed by atoms with van der Waals surface area (Å²) in [7, 11) is 0. The lowest BCUT2D eigenvalue weighted by Gasteiger charge is -2.05. The van der Waals surface area contributed by atoms with Crippen LogP contribution in [0.5, 0.6) is 0 Å². The maximum absolute atomic E-state index is 3.55. The number of aryl methyl sites for hydroxylation is 1. The molecule has 0 spiro atoms. The molecule has 0 aliphatic heterocycles. The van der Waals surface area contributed by atoms with Crippen LogP contribution >= 0.6 is 0 Å². The largest absolute Gasteiger partial charge is 0.385 e. The fourth-order valence-electron chi connectivity index (χ4n) is 1.55. The second-order valence-electron chi connectivity index (χ2n) is 4.05. The van der Waals surface area contributed by atoms with Crippen LogP contribution in [0.2, 0.25) is 0 Å². The quantitative estimate of drug-likeness (QED) is 0.528. The minimum absolute atomic E-state index is 1.06. The molecule has 0 saturated carbocycles. The SMILES string of the molecule is C=C=CCCCCCNc1ccc(C)cc1. The minimum Gasteiger partial charge on any atom is -0.385 e. The van der Waals surface area contributed by atoms with Crippen LogP contribution in [0.3, 0.4) is 0 Å². The van der Waals surface area contributed by atoms with Crippen LogP contribution in [0.15, 0.2) is 42.7 Å².